The molecule has 120 valence electrons. The van der Waals surface area contributed by atoms with E-state index in [1.54, 1.807) is 12.3 Å². The van der Waals surface area contributed by atoms with Gasteiger partial charge in [0.1, 0.15) is 11.5 Å². The SMILES string of the molecule is C=CCNc1cnc(C(=O)Nc2c(C)cccc2C(C)C)cn1. The number of para-hydroxylation sites is 1. The van der Waals surface area contributed by atoms with E-state index in [0.29, 0.717) is 18.3 Å². The molecule has 0 aliphatic heterocycles. The smallest absolute Gasteiger partial charge is 0.275 e. The molecule has 2 aromatic rings. The highest BCUT2D eigenvalue weighted by molar-refractivity contribution is 6.03. The van der Waals surface area contributed by atoms with E-state index >= 15 is 0 Å². The van der Waals surface area contributed by atoms with Crippen LogP contribution in [0.2, 0.25) is 0 Å². The highest BCUT2D eigenvalue weighted by atomic mass is 16.1. The molecule has 0 aliphatic carbocycles. The molecule has 1 heterocycles. The third-order valence-corrected chi connectivity index (χ3v) is 3.48. The van der Waals surface area contributed by atoms with Crippen molar-refractivity contribution >= 4 is 17.4 Å². The first-order valence-corrected chi connectivity index (χ1v) is 7.60. The Hall–Kier alpha value is -2.69. The van der Waals surface area contributed by atoms with E-state index in [9.17, 15) is 4.79 Å². The maximum atomic E-state index is 12.4. The third kappa shape index (κ3) is 4.16. The van der Waals surface area contributed by atoms with E-state index in [1.807, 2.05) is 25.1 Å². The van der Waals surface area contributed by atoms with Crippen LogP contribution in [0.5, 0.6) is 0 Å². The van der Waals surface area contributed by atoms with Crippen molar-refractivity contribution in [1.82, 2.24) is 9.97 Å². The van der Waals surface area contributed by atoms with Gasteiger partial charge in [-0.3, -0.25) is 4.79 Å². The Morgan fingerprint density at radius 2 is 2.09 bits per heavy atom. The topological polar surface area (TPSA) is 66.9 Å². The molecule has 2 N–H and O–H groups in total. The molecule has 5 nitrogen and oxygen atoms in total. The molecule has 0 saturated carbocycles. The van der Waals surface area contributed by atoms with E-state index < -0.39 is 0 Å². The Kier molecular flexibility index (Phi) is 5.46. The highest BCUT2D eigenvalue weighted by Crippen LogP contribution is 2.27. The van der Waals surface area contributed by atoms with Gasteiger partial charge >= 0.3 is 0 Å². The van der Waals surface area contributed by atoms with Gasteiger partial charge in [-0.05, 0) is 24.0 Å². The quantitative estimate of drug-likeness (QED) is 0.797. The van der Waals surface area contributed by atoms with Gasteiger partial charge in [0.2, 0.25) is 0 Å². The molecule has 0 fully saturated rings. The minimum absolute atomic E-state index is 0.260. The number of rotatable bonds is 6. The molecule has 1 aromatic carbocycles. The van der Waals surface area contributed by atoms with Crippen LogP contribution in [-0.2, 0) is 0 Å². The second kappa shape index (κ2) is 7.54. The summed E-state index contributed by atoms with van der Waals surface area (Å²) in [6.07, 6.45) is 4.74. The predicted molar refractivity (Wildman–Crippen MR) is 93.9 cm³/mol. The number of nitrogens with zero attached hydrogens (tertiary/aromatic N) is 2. The van der Waals surface area contributed by atoms with E-state index in [2.05, 4.69) is 41.0 Å². The minimum atomic E-state index is -0.260. The third-order valence-electron chi connectivity index (χ3n) is 3.48. The zero-order valence-corrected chi connectivity index (χ0v) is 13.8. The van der Waals surface area contributed by atoms with Crippen molar-refractivity contribution in [2.75, 3.05) is 17.2 Å². The molecule has 5 heteroatoms. The molecule has 0 atom stereocenters. The van der Waals surface area contributed by atoms with Crippen molar-refractivity contribution < 1.29 is 4.79 Å². The fourth-order valence-corrected chi connectivity index (χ4v) is 2.23. The van der Waals surface area contributed by atoms with Crippen molar-refractivity contribution in [3.63, 3.8) is 0 Å². The Bertz CT molecular complexity index is 693. The summed E-state index contributed by atoms with van der Waals surface area (Å²) >= 11 is 0. The van der Waals surface area contributed by atoms with Crippen molar-refractivity contribution in [3.05, 3.63) is 60.1 Å². The van der Waals surface area contributed by atoms with Crippen LogP contribution in [0.3, 0.4) is 0 Å². The molecule has 23 heavy (non-hydrogen) atoms. The predicted octanol–water partition coefficient (Wildman–Crippen LogP) is 3.76. The number of carbonyl (C=O) groups is 1. The molecule has 0 radical (unpaired) electrons. The molecule has 2 rings (SSSR count). The second-order valence-corrected chi connectivity index (χ2v) is 5.60. The molecular weight excluding hydrogens is 288 g/mol. The van der Waals surface area contributed by atoms with E-state index in [-0.39, 0.29) is 11.6 Å². The number of hydrogen-bond donors (Lipinski definition) is 2. The fourth-order valence-electron chi connectivity index (χ4n) is 2.23. The Morgan fingerprint density at radius 1 is 1.30 bits per heavy atom. The first-order valence-electron chi connectivity index (χ1n) is 7.60. The van der Waals surface area contributed by atoms with Crippen LogP contribution in [0, 0.1) is 6.92 Å². The van der Waals surface area contributed by atoms with E-state index in [4.69, 9.17) is 0 Å². The zero-order valence-electron chi connectivity index (χ0n) is 13.8. The van der Waals surface area contributed by atoms with Gasteiger partial charge in [0.15, 0.2) is 0 Å². The summed E-state index contributed by atoms with van der Waals surface area (Å²) in [4.78, 5) is 20.8. The number of aryl methyl sites for hydroxylation is 1. The number of amides is 1. The standard InChI is InChI=1S/C18H22N4O/c1-5-9-19-16-11-20-15(10-21-16)18(23)22-17-13(4)7-6-8-14(17)12(2)3/h5-8,10-12H,1,9H2,2-4H3,(H,19,21)(H,22,23). The van der Waals surface area contributed by atoms with Crippen LogP contribution in [-0.4, -0.2) is 22.4 Å². The summed E-state index contributed by atoms with van der Waals surface area (Å²) in [5.41, 5.74) is 3.27. The molecule has 0 unspecified atom stereocenters. The molecule has 1 amide bonds. The summed E-state index contributed by atoms with van der Waals surface area (Å²) in [6, 6.07) is 6.01. The summed E-state index contributed by atoms with van der Waals surface area (Å²) in [6.45, 7) is 10.4. The number of aromatic nitrogens is 2. The van der Waals surface area contributed by atoms with Crippen molar-refractivity contribution in [2.45, 2.75) is 26.7 Å². The number of benzene rings is 1. The van der Waals surface area contributed by atoms with Crippen molar-refractivity contribution in [3.8, 4) is 0 Å². The molecule has 1 aromatic heterocycles. The van der Waals surface area contributed by atoms with Gasteiger partial charge in [-0.15, -0.1) is 6.58 Å². The van der Waals surface area contributed by atoms with Gasteiger partial charge in [0.25, 0.3) is 5.91 Å². The average Bonchev–Trinajstić information content (AvgIpc) is 2.55. The molecule has 0 aliphatic rings. The maximum absolute atomic E-state index is 12.4. The summed E-state index contributed by atoms with van der Waals surface area (Å²) < 4.78 is 0. The lowest BCUT2D eigenvalue weighted by Gasteiger charge is -2.16. The summed E-state index contributed by atoms with van der Waals surface area (Å²) in [7, 11) is 0. The minimum Gasteiger partial charge on any atom is -0.365 e. The van der Waals surface area contributed by atoms with E-state index in [0.717, 1.165) is 16.8 Å². The Labute approximate surface area is 136 Å². The Balaban J connectivity index is 2.18. The van der Waals surface area contributed by atoms with Gasteiger partial charge < -0.3 is 10.6 Å². The van der Waals surface area contributed by atoms with Crippen LogP contribution in [0.25, 0.3) is 0 Å². The Morgan fingerprint density at radius 3 is 2.70 bits per heavy atom. The average molecular weight is 310 g/mol. The van der Waals surface area contributed by atoms with E-state index in [1.165, 1.54) is 6.20 Å². The first kappa shape index (κ1) is 16.7. The maximum Gasteiger partial charge on any atom is 0.275 e. The molecule has 0 spiro atoms. The second-order valence-electron chi connectivity index (χ2n) is 5.60. The van der Waals surface area contributed by atoms with Gasteiger partial charge in [0, 0.05) is 12.2 Å². The molecule has 0 bridgehead atoms. The van der Waals surface area contributed by atoms with Gasteiger partial charge in [-0.2, -0.15) is 0 Å². The van der Waals surface area contributed by atoms with Gasteiger partial charge in [-0.1, -0.05) is 38.1 Å². The zero-order chi connectivity index (χ0) is 16.8. The fraction of sp³-hybridized carbons (Fsp3) is 0.278. The van der Waals surface area contributed by atoms with Crippen LogP contribution in [0.1, 0.15) is 41.4 Å². The number of carbonyl (C=O) groups excluding carboxylic acids is 1. The molecule has 0 saturated heterocycles. The number of hydrogen-bond acceptors (Lipinski definition) is 4. The van der Waals surface area contributed by atoms with Gasteiger partial charge in [0.05, 0.1) is 12.4 Å². The molecular formula is C18H22N4O. The van der Waals surface area contributed by atoms with Crippen LogP contribution >= 0.6 is 0 Å². The normalized spacial score (nSPS) is 10.4. The summed E-state index contributed by atoms with van der Waals surface area (Å²) in [5, 5.41) is 5.98. The van der Waals surface area contributed by atoms with Crippen molar-refractivity contribution in [1.29, 1.82) is 0 Å². The van der Waals surface area contributed by atoms with Crippen molar-refractivity contribution in [2.24, 2.45) is 0 Å². The highest BCUT2D eigenvalue weighted by Gasteiger charge is 2.14. The lowest BCUT2D eigenvalue weighted by molar-refractivity contribution is 0.102. The van der Waals surface area contributed by atoms with Crippen LogP contribution in [0.4, 0.5) is 11.5 Å². The first-order chi connectivity index (χ1) is 11.0. The van der Waals surface area contributed by atoms with Gasteiger partial charge in [-0.25, -0.2) is 9.97 Å². The van der Waals surface area contributed by atoms with Crippen LogP contribution < -0.4 is 10.6 Å². The summed E-state index contributed by atoms with van der Waals surface area (Å²) in [5.74, 6) is 0.672. The largest absolute Gasteiger partial charge is 0.365 e. The number of nitrogens with one attached hydrogen (secondary N) is 2. The lowest BCUT2D eigenvalue weighted by Crippen LogP contribution is -2.17. The lowest BCUT2D eigenvalue weighted by atomic mass is 9.98. The van der Waals surface area contributed by atoms with Crippen LogP contribution in [0.15, 0.2) is 43.2 Å². The monoisotopic (exact) mass is 310 g/mol. The number of anilines is 2.